The fraction of sp³-hybridized carbons (Fsp3) is 0.571. The molecule has 100 valence electrons. The fourth-order valence-corrected chi connectivity index (χ4v) is 1.61. The Labute approximate surface area is 109 Å². The second-order valence-electron chi connectivity index (χ2n) is 4.69. The van der Waals surface area contributed by atoms with E-state index in [1.54, 1.807) is 18.3 Å². The lowest BCUT2D eigenvalue weighted by atomic mass is 10.2. The van der Waals surface area contributed by atoms with Gasteiger partial charge >= 0.3 is 0 Å². The molecule has 0 aliphatic rings. The van der Waals surface area contributed by atoms with Crippen LogP contribution in [0.25, 0.3) is 0 Å². The van der Waals surface area contributed by atoms with Crippen LogP contribution in [0.1, 0.15) is 50.4 Å². The number of hydrogen-bond donors (Lipinski definition) is 2. The molecule has 2 N–H and O–H groups in total. The third kappa shape index (κ3) is 5.17. The van der Waals surface area contributed by atoms with Gasteiger partial charge in [-0.3, -0.25) is 4.79 Å². The third-order valence-electron chi connectivity index (χ3n) is 2.53. The van der Waals surface area contributed by atoms with E-state index < -0.39 is 0 Å². The summed E-state index contributed by atoms with van der Waals surface area (Å²) in [5.74, 6) is 0.714. The van der Waals surface area contributed by atoms with E-state index in [2.05, 4.69) is 22.5 Å². The molecule has 18 heavy (non-hydrogen) atoms. The minimum absolute atomic E-state index is 0.0518. The van der Waals surface area contributed by atoms with Crippen LogP contribution in [0.4, 0.5) is 5.82 Å². The summed E-state index contributed by atoms with van der Waals surface area (Å²) in [6.45, 7) is 6.97. The lowest BCUT2D eigenvalue weighted by Crippen LogP contribution is -2.30. The van der Waals surface area contributed by atoms with Crippen LogP contribution in [0.2, 0.25) is 0 Å². The molecule has 0 saturated heterocycles. The summed E-state index contributed by atoms with van der Waals surface area (Å²) >= 11 is 0. The molecule has 1 heterocycles. The molecular formula is C14H23N3O. The minimum Gasteiger partial charge on any atom is -0.370 e. The van der Waals surface area contributed by atoms with Crippen LogP contribution in [0.15, 0.2) is 18.3 Å². The maximum Gasteiger partial charge on any atom is 0.251 e. The zero-order chi connectivity index (χ0) is 13.4. The number of rotatable bonds is 7. The standard InChI is InChI=1S/C14H23N3O/c1-4-5-6-8-15-13-10-12(7-9-16-13)14(18)17-11(2)3/h7,9-11H,4-6,8H2,1-3H3,(H,15,16)(H,17,18). The Morgan fingerprint density at radius 2 is 2.17 bits per heavy atom. The van der Waals surface area contributed by atoms with E-state index >= 15 is 0 Å². The Bertz CT molecular complexity index is 377. The van der Waals surface area contributed by atoms with Crippen LogP contribution in [0.3, 0.4) is 0 Å². The molecule has 0 saturated carbocycles. The number of unbranched alkanes of at least 4 members (excludes halogenated alkanes) is 2. The monoisotopic (exact) mass is 249 g/mol. The van der Waals surface area contributed by atoms with Crippen LogP contribution in [0.5, 0.6) is 0 Å². The number of aromatic nitrogens is 1. The van der Waals surface area contributed by atoms with Crippen LogP contribution in [-0.4, -0.2) is 23.5 Å². The van der Waals surface area contributed by atoms with E-state index in [1.165, 1.54) is 12.8 Å². The highest BCUT2D eigenvalue weighted by molar-refractivity contribution is 5.94. The summed E-state index contributed by atoms with van der Waals surface area (Å²) in [6, 6.07) is 3.67. The highest BCUT2D eigenvalue weighted by Gasteiger charge is 2.07. The maximum atomic E-state index is 11.8. The van der Waals surface area contributed by atoms with Gasteiger partial charge in [-0.2, -0.15) is 0 Å². The van der Waals surface area contributed by atoms with E-state index in [1.807, 2.05) is 13.8 Å². The van der Waals surface area contributed by atoms with Crippen LogP contribution in [-0.2, 0) is 0 Å². The number of nitrogens with zero attached hydrogens (tertiary/aromatic N) is 1. The molecule has 4 nitrogen and oxygen atoms in total. The molecule has 1 rings (SSSR count). The zero-order valence-electron chi connectivity index (χ0n) is 11.5. The summed E-state index contributed by atoms with van der Waals surface area (Å²) in [6.07, 6.45) is 5.20. The van der Waals surface area contributed by atoms with E-state index in [0.29, 0.717) is 5.56 Å². The summed E-state index contributed by atoms with van der Waals surface area (Å²) in [4.78, 5) is 16.0. The average Bonchev–Trinajstić information content (AvgIpc) is 2.34. The van der Waals surface area contributed by atoms with Gasteiger partial charge in [0.25, 0.3) is 5.91 Å². The summed E-state index contributed by atoms with van der Waals surface area (Å²) < 4.78 is 0. The van der Waals surface area contributed by atoms with Gasteiger partial charge in [-0.05, 0) is 32.4 Å². The van der Waals surface area contributed by atoms with Gasteiger partial charge in [-0.15, -0.1) is 0 Å². The van der Waals surface area contributed by atoms with Gasteiger partial charge in [0.2, 0.25) is 0 Å². The van der Waals surface area contributed by atoms with Gasteiger partial charge in [0.05, 0.1) is 0 Å². The summed E-state index contributed by atoms with van der Waals surface area (Å²) in [5, 5.41) is 6.11. The Morgan fingerprint density at radius 1 is 1.39 bits per heavy atom. The number of nitrogens with one attached hydrogen (secondary N) is 2. The van der Waals surface area contributed by atoms with Crippen LogP contribution < -0.4 is 10.6 Å². The van der Waals surface area contributed by atoms with Crippen molar-refractivity contribution in [3.63, 3.8) is 0 Å². The molecule has 0 aliphatic heterocycles. The third-order valence-corrected chi connectivity index (χ3v) is 2.53. The first kappa shape index (κ1) is 14.5. The number of pyridine rings is 1. The quantitative estimate of drug-likeness (QED) is 0.731. The first-order valence-electron chi connectivity index (χ1n) is 6.64. The van der Waals surface area contributed by atoms with E-state index in [0.717, 1.165) is 18.8 Å². The van der Waals surface area contributed by atoms with Crippen molar-refractivity contribution in [2.45, 2.75) is 46.1 Å². The molecule has 1 aromatic heterocycles. The lowest BCUT2D eigenvalue weighted by molar-refractivity contribution is 0.0943. The largest absolute Gasteiger partial charge is 0.370 e. The highest BCUT2D eigenvalue weighted by atomic mass is 16.1. The lowest BCUT2D eigenvalue weighted by Gasteiger charge is -2.10. The normalized spacial score (nSPS) is 10.4. The Hall–Kier alpha value is -1.58. The van der Waals surface area contributed by atoms with Crippen molar-refractivity contribution in [2.75, 3.05) is 11.9 Å². The van der Waals surface area contributed by atoms with Crippen molar-refractivity contribution in [1.82, 2.24) is 10.3 Å². The topological polar surface area (TPSA) is 54.0 Å². The van der Waals surface area contributed by atoms with Crippen LogP contribution in [0, 0.1) is 0 Å². The molecule has 0 aliphatic carbocycles. The maximum absolute atomic E-state index is 11.8. The zero-order valence-corrected chi connectivity index (χ0v) is 11.5. The molecule has 0 unspecified atom stereocenters. The predicted molar refractivity (Wildman–Crippen MR) is 74.9 cm³/mol. The molecule has 0 aromatic carbocycles. The van der Waals surface area contributed by atoms with Crippen molar-refractivity contribution >= 4 is 11.7 Å². The molecule has 4 heteroatoms. The Kier molecular flexibility index (Phi) is 6.19. The molecule has 1 aromatic rings. The van der Waals surface area contributed by atoms with Gasteiger partial charge in [0.15, 0.2) is 0 Å². The fourth-order valence-electron chi connectivity index (χ4n) is 1.61. The van der Waals surface area contributed by atoms with Crippen molar-refractivity contribution < 1.29 is 4.79 Å². The average molecular weight is 249 g/mol. The van der Waals surface area contributed by atoms with Crippen molar-refractivity contribution in [2.24, 2.45) is 0 Å². The molecule has 0 radical (unpaired) electrons. The second kappa shape index (κ2) is 7.69. The number of hydrogen-bond acceptors (Lipinski definition) is 3. The molecule has 0 atom stereocenters. The summed E-state index contributed by atoms with van der Waals surface area (Å²) in [7, 11) is 0. The van der Waals surface area contributed by atoms with Crippen molar-refractivity contribution in [3.05, 3.63) is 23.9 Å². The molecule has 0 fully saturated rings. The highest BCUT2D eigenvalue weighted by Crippen LogP contribution is 2.07. The van der Waals surface area contributed by atoms with Crippen molar-refractivity contribution in [1.29, 1.82) is 0 Å². The predicted octanol–water partition coefficient (Wildman–Crippen LogP) is 2.82. The van der Waals surface area contributed by atoms with Gasteiger partial charge in [-0.25, -0.2) is 4.98 Å². The number of amides is 1. The molecule has 0 spiro atoms. The SMILES string of the molecule is CCCCCNc1cc(C(=O)NC(C)C)ccn1. The number of carbonyl (C=O) groups excluding carboxylic acids is 1. The van der Waals surface area contributed by atoms with Gasteiger partial charge in [-0.1, -0.05) is 19.8 Å². The minimum atomic E-state index is -0.0518. The summed E-state index contributed by atoms with van der Waals surface area (Å²) in [5.41, 5.74) is 0.650. The first-order chi connectivity index (χ1) is 8.63. The van der Waals surface area contributed by atoms with Crippen molar-refractivity contribution in [3.8, 4) is 0 Å². The molecule has 1 amide bonds. The Balaban J connectivity index is 2.53. The van der Waals surface area contributed by atoms with E-state index in [-0.39, 0.29) is 11.9 Å². The van der Waals surface area contributed by atoms with Gasteiger partial charge < -0.3 is 10.6 Å². The van der Waals surface area contributed by atoms with Gasteiger partial charge in [0, 0.05) is 24.3 Å². The molecular weight excluding hydrogens is 226 g/mol. The van der Waals surface area contributed by atoms with E-state index in [9.17, 15) is 4.79 Å². The number of carbonyl (C=O) groups is 1. The smallest absolute Gasteiger partial charge is 0.251 e. The van der Waals surface area contributed by atoms with E-state index in [4.69, 9.17) is 0 Å². The van der Waals surface area contributed by atoms with Gasteiger partial charge in [0.1, 0.15) is 5.82 Å². The second-order valence-corrected chi connectivity index (χ2v) is 4.69. The molecule has 0 bridgehead atoms. The van der Waals surface area contributed by atoms with Crippen LogP contribution >= 0.6 is 0 Å². The first-order valence-corrected chi connectivity index (χ1v) is 6.64. The number of anilines is 1. The Morgan fingerprint density at radius 3 is 2.83 bits per heavy atom.